The third-order valence-electron chi connectivity index (χ3n) is 4.27. The summed E-state index contributed by atoms with van der Waals surface area (Å²) >= 11 is 24.4. The van der Waals surface area contributed by atoms with Gasteiger partial charge in [0, 0.05) is 23.6 Å². The van der Waals surface area contributed by atoms with E-state index in [2.05, 4.69) is 54.5 Å². The molecule has 0 heterocycles. The number of rotatable bonds is 3. The van der Waals surface area contributed by atoms with E-state index in [0.29, 0.717) is 15.6 Å². The SMILES string of the molecule is Cc1cc(C)c(C(=O)Cl)cc1Br.Cc1ccc(I)cc1C(=O)Cl.O=C(Cl)c1cc(Br)ccc1F. The van der Waals surface area contributed by atoms with Gasteiger partial charge in [0.2, 0.25) is 0 Å². The third-order valence-corrected chi connectivity index (χ3v) is 6.90. The second kappa shape index (κ2) is 14.7. The zero-order chi connectivity index (χ0) is 26.2. The molecule has 10 heteroatoms. The van der Waals surface area contributed by atoms with Crippen molar-refractivity contribution in [2.24, 2.45) is 0 Å². The van der Waals surface area contributed by atoms with E-state index in [-0.39, 0.29) is 10.8 Å². The van der Waals surface area contributed by atoms with Crippen molar-refractivity contribution in [3.63, 3.8) is 0 Å². The molecule has 0 bridgehead atoms. The van der Waals surface area contributed by atoms with Gasteiger partial charge in [0.1, 0.15) is 5.82 Å². The molecule has 0 saturated carbocycles. The average molecular weight is 765 g/mol. The van der Waals surface area contributed by atoms with Crippen LogP contribution in [0.3, 0.4) is 0 Å². The molecule has 0 unspecified atom stereocenters. The molecular weight excluding hydrogens is 748 g/mol. The largest absolute Gasteiger partial charge is 0.276 e. The van der Waals surface area contributed by atoms with Crippen molar-refractivity contribution in [3.05, 3.63) is 100 Å². The van der Waals surface area contributed by atoms with Crippen LogP contribution in [0, 0.1) is 30.2 Å². The quantitative estimate of drug-likeness (QED) is 0.197. The van der Waals surface area contributed by atoms with Gasteiger partial charge in [-0.3, -0.25) is 14.4 Å². The lowest BCUT2D eigenvalue weighted by Gasteiger charge is -2.03. The Labute approximate surface area is 242 Å². The first kappa shape index (κ1) is 31.2. The van der Waals surface area contributed by atoms with Crippen molar-refractivity contribution in [2.45, 2.75) is 20.8 Å². The summed E-state index contributed by atoms with van der Waals surface area (Å²) in [6, 6.07) is 13.3. The number of aryl methyl sites for hydroxylation is 3. The fourth-order valence-corrected chi connectivity index (χ4v) is 4.24. The van der Waals surface area contributed by atoms with E-state index in [0.717, 1.165) is 24.7 Å². The first-order valence-corrected chi connectivity index (χ1v) is 13.1. The smallest absolute Gasteiger partial charge is 0.255 e. The molecule has 3 aromatic carbocycles. The number of hydrogen-bond acceptors (Lipinski definition) is 3. The van der Waals surface area contributed by atoms with Gasteiger partial charge in [0.15, 0.2) is 0 Å². The molecule has 0 atom stereocenters. The topological polar surface area (TPSA) is 51.2 Å². The maximum atomic E-state index is 12.7. The van der Waals surface area contributed by atoms with Crippen LogP contribution in [-0.2, 0) is 0 Å². The molecular formula is C24H17Br2Cl3FIO3. The van der Waals surface area contributed by atoms with Crippen LogP contribution in [0.5, 0.6) is 0 Å². The molecule has 3 aromatic rings. The minimum Gasteiger partial charge on any atom is -0.276 e. The Kier molecular flexibility index (Phi) is 13.4. The van der Waals surface area contributed by atoms with E-state index >= 15 is 0 Å². The molecule has 34 heavy (non-hydrogen) atoms. The second-order valence-corrected chi connectivity index (χ2v) is 10.9. The summed E-state index contributed by atoms with van der Waals surface area (Å²) in [5.74, 6) is -0.604. The summed E-state index contributed by atoms with van der Waals surface area (Å²) in [4.78, 5) is 32.2. The zero-order valence-electron chi connectivity index (χ0n) is 18.0. The molecule has 0 radical (unpaired) electrons. The summed E-state index contributed by atoms with van der Waals surface area (Å²) in [6.45, 7) is 5.71. The summed E-state index contributed by atoms with van der Waals surface area (Å²) < 4.78 is 15.3. The predicted molar refractivity (Wildman–Crippen MR) is 152 cm³/mol. The fourth-order valence-electron chi connectivity index (χ4n) is 2.49. The number of carbonyl (C=O) groups is 3. The van der Waals surface area contributed by atoms with Crippen molar-refractivity contribution < 1.29 is 18.8 Å². The standard InChI is InChI=1S/C9H8BrClO.C8H6ClIO.C7H3BrClFO/c1-5-3-6(2)8(10)4-7(5)9(11)12;1-5-2-3-6(10)4-7(5)8(9)11;8-4-1-2-6(10)5(3-4)7(9)11/h3-4H,1-2H3;2-4H,1H3;1-3H. The molecule has 0 saturated heterocycles. The Morgan fingerprint density at radius 3 is 1.71 bits per heavy atom. The Balaban J connectivity index is 0.000000255. The van der Waals surface area contributed by atoms with Crippen LogP contribution < -0.4 is 0 Å². The Hall–Kier alpha value is -0.840. The highest BCUT2D eigenvalue weighted by molar-refractivity contribution is 14.1. The summed E-state index contributed by atoms with van der Waals surface area (Å²) in [5, 5.41) is -1.59. The van der Waals surface area contributed by atoms with Gasteiger partial charge in [-0.1, -0.05) is 44.0 Å². The lowest BCUT2D eigenvalue weighted by Crippen LogP contribution is -1.94. The van der Waals surface area contributed by atoms with Gasteiger partial charge in [-0.2, -0.15) is 0 Å². The van der Waals surface area contributed by atoms with E-state index in [1.807, 2.05) is 39.0 Å². The van der Waals surface area contributed by atoms with Gasteiger partial charge in [-0.15, -0.1) is 0 Å². The molecule has 0 spiro atoms. The van der Waals surface area contributed by atoms with Crippen LogP contribution in [0.15, 0.2) is 57.5 Å². The molecule has 0 aliphatic carbocycles. The number of hydrogen-bond donors (Lipinski definition) is 0. The van der Waals surface area contributed by atoms with Crippen molar-refractivity contribution in [1.29, 1.82) is 0 Å². The number of benzene rings is 3. The van der Waals surface area contributed by atoms with Crippen LogP contribution in [0.2, 0.25) is 0 Å². The third kappa shape index (κ3) is 10.0. The van der Waals surface area contributed by atoms with Gasteiger partial charge in [-0.05, 0) is 131 Å². The van der Waals surface area contributed by atoms with Crippen LogP contribution >= 0.6 is 89.3 Å². The van der Waals surface area contributed by atoms with Crippen molar-refractivity contribution in [2.75, 3.05) is 0 Å². The molecule has 0 aliphatic heterocycles. The Bertz CT molecular complexity index is 1170. The second-order valence-electron chi connectivity index (χ2n) is 6.82. The summed E-state index contributed by atoms with van der Waals surface area (Å²) in [6.07, 6.45) is 0. The van der Waals surface area contributed by atoms with Crippen molar-refractivity contribution in [1.82, 2.24) is 0 Å². The molecule has 0 aromatic heterocycles. The van der Waals surface area contributed by atoms with Gasteiger partial charge >= 0.3 is 0 Å². The molecule has 180 valence electrons. The van der Waals surface area contributed by atoms with Crippen LogP contribution in [0.25, 0.3) is 0 Å². The van der Waals surface area contributed by atoms with Crippen molar-refractivity contribution in [3.8, 4) is 0 Å². The molecule has 0 N–H and O–H groups in total. The van der Waals surface area contributed by atoms with E-state index in [9.17, 15) is 18.8 Å². The lowest BCUT2D eigenvalue weighted by molar-refractivity contribution is 0.107. The van der Waals surface area contributed by atoms with E-state index in [1.54, 1.807) is 12.1 Å². The highest BCUT2D eigenvalue weighted by Gasteiger charge is 2.09. The molecule has 0 amide bonds. The van der Waals surface area contributed by atoms with Gasteiger partial charge < -0.3 is 0 Å². The molecule has 3 nitrogen and oxygen atoms in total. The maximum Gasteiger partial charge on any atom is 0.255 e. The first-order chi connectivity index (χ1) is 15.7. The van der Waals surface area contributed by atoms with Crippen molar-refractivity contribution >= 4 is 105 Å². The van der Waals surface area contributed by atoms with Crippen LogP contribution in [0.1, 0.15) is 47.8 Å². The average Bonchev–Trinajstić information content (AvgIpc) is 2.74. The van der Waals surface area contributed by atoms with Gasteiger partial charge in [-0.25, -0.2) is 4.39 Å². The molecule has 3 rings (SSSR count). The lowest BCUT2D eigenvalue weighted by atomic mass is 10.1. The highest BCUT2D eigenvalue weighted by atomic mass is 127. The van der Waals surface area contributed by atoms with Crippen LogP contribution in [-0.4, -0.2) is 15.7 Å². The summed E-state index contributed by atoms with van der Waals surface area (Å²) in [5.41, 5.74) is 3.99. The van der Waals surface area contributed by atoms with E-state index in [4.69, 9.17) is 34.8 Å². The zero-order valence-corrected chi connectivity index (χ0v) is 25.6. The minimum atomic E-state index is -0.788. The van der Waals surface area contributed by atoms with Gasteiger partial charge in [0.05, 0.1) is 5.56 Å². The normalized spacial score (nSPS) is 9.82. The molecule has 0 aliphatic rings. The molecule has 0 fully saturated rings. The van der Waals surface area contributed by atoms with Gasteiger partial charge in [0.25, 0.3) is 15.7 Å². The maximum absolute atomic E-state index is 12.7. The highest BCUT2D eigenvalue weighted by Crippen LogP contribution is 2.22. The van der Waals surface area contributed by atoms with E-state index < -0.39 is 16.3 Å². The summed E-state index contributed by atoms with van der Waals surface area (Å²) in [7, 11) is 0. The predicted octanol–water partition coefficient (Wildman–Crippen LogP) is 9.39. The Morgan fingerprint density at radius 2 is 1.24 bits per heavy atom. The fraction of sp³-hybridized carbons (Fsp3) is 0.125. The first-order valence-electron chi connectivity index (χ1n) is 9.32. The number of carbonyl (C=O) groups excluding carboxylic acids is 3. The van der Waals surface area contributed by atoms with Crippen LogP contribution in [0.4, 0.5) is 4.39 Å². The minimum absolute atomic E-state index is 0.110. The Morgan fingerprint density at radius 1 is 0.706 bits per heavy atom. The number of halogens is 7. The monoisotopic (exact) mass is 762 g/mol. The van der Waals surface area contributed by atoms with E-state index in [1.165, 1.54) is 18.2 Å².